The van der Waals surface area contributed by atoms with Crippen molar-refractivity contribution < 1.29 is 9.21 Å². The van der Waals surface area contributed by atoms with Crippen LogP contribution in [0, 0.1) is 5.92 Å². The molecule has 0 bridgehead atoms. The molecule has 1 saturated heterocycles. The van der Waals surface area contributed by atoms with Gasteiger partial charge in [-0.2, -0.15) is 0 Å². The zero-order valence-electron chi connectivity index (χ0n) is 17.4. The topological polar surface area (TPSA) is 71.3 Å². The number of aromatic nitrogens is 2. The van der Waals surface area contributed by atoms with Crippen LogP contribution in [0.15, 0.2) is 64.2 Å². The second-order valence-electron chi connectivity index (χ2n) is 7.82. The van der Waals surface area contributed by atoms with Crippen molar-refractivity contribution in [2.24, 2.45) is 5.92 Å². The molecule has 0 unspecified atom stereocenters. The predicted molar refractivity (Wildman–Crippen MR) is 124 cm³/mol. The minimum Gasteiger partial charge on any atom is -0.450 e. The maximum atomic E-state index is 12.9. The van der Waals surface area contributed by atoms with Gasteiger partial charge in [0.05, 0.1) is 5.92 Å². The first-order chi connectivity index (χ1) is 15.2. The smallest absolute Gasteiger partial charge is 0.225 e. The molecular formula is C24H24N4O2S. The predicted octanol–water partition coefficient (Wildman–Crippen LogP) is 4.63. The van der Waals surface area contributed by atoms with Crippen molar-refractivity contribution in [1.82, 2.24) is 15.3 Å². The Balaban J connectivity index is 1.31. The third-order valence-electron chi connectivity index (χ3n) is 5.86. The number of hydrogen-bond donors (Lipinski definition) is 1. The van der Waals surface area contributed by atoms with Crippen LogP contribution in [0.5, 0.6) is 0 Å². The van der Waals surface area contributed by atoms with Crippen LogP contribution >= 0.6 is 11.8 Å². The molecule has 2 aromatic heterocycles. The zero-order valence-corrected chi connectivity index (χ0v) is 18.2. The minimum atomic E-state index is -0.0754. The lowest BCUT2D eigenvalue weighted by molar-refractivity contribution is -0.125. The summed E-state index contributed by atoms with van der Waals surface area (Å²) in [5, 5.41) is 4.09. The standard InChI is InChI=1S/C24H24N4O2S/c1-31-18-10-8-16(9-11-18)13-25-24(29)17-5-4-12-28(14-17)23-22-21(26-15-27-23)19-6-2-3-7-20(19)30-22/h2-3,6-11,15,17H,4-5,12-14H2,1H3,(H,25,29)/t17-/m0/s1. The van der Waals surface area contributed by atoms with Gasteiger partial charge in [-0.3, -0.25) is 4.79 Å². The molecule has 1 amide bonds. The molecular weight excluding hydrogens is 408 g/mol. The molecule has 0 radical (unpaired) electrons. The first-order valence-corrected chi connectivity index (χ1v) is 11.7. The fraction of sp³-hybridized carbons (Fsp3) is 0.292. The highest BCUT2D eigenvalue weighted by Gasteiger charge is 2.28. The fourth-order valence-corrected chi connectivity index (χ4v) is 4.61. The van der Waals surface area contributed by atoms with E-state index < -0.39 is 0 Å². The molecule has 0 saturated carbocycles. The summed E-state index contributed by atoms with van der Waals surface area (Å²) >= 11 is 1.71. The number of rotatable bonds is 5. The third-order valence-corrected chi connectivity index (χ3v) is 6.60. The van der Waals surface area contributed by atoms with E-state index in [0.717, 1.165) is 47.3 Å². The van der Waals surface area contributed by atoms with E-state index in [2.05, 4.69) is 50.7 Å². The lowest BCUT2D eigenvalue weighted by atomic mass is 9.97. The summed E-state index contributed by atoms with van der Waals surface area (Å²) in [5.41, 5.74) is 3.43. The van der Waals surface area contributed by atoms with Crippen LogP contribution in [0.3, 0.4) is 0 Å². The van der Waals surface area contributed by atoms with E-state index in [1.54, 1.807) is 18.1 Å². The number of fused-ring (bicyclic) bond motifs is 3. The van der Waals surface area contributed by atoms with Crippen molar-refractivity contribution in [3.63, 3.8) is 0 Å². The molecule has 31 heavy (non-hydrogen) atoms. The summed E-state index contributed by atoms with van der Waals surface area (Å²) in [6, 6.07) is 16.2. The van der Waals surface area contributed by atoms with Crippen molar-refractivity contribution >= 4 is 45.6 Å². The van der Waals surface area contributed by atoms with Gasteiger partial charge in [0.2, 0.25) is 5.91 Å². The summed E-state index contributed by atoms with van der Waals surface area (Å²) in [5.74, 6) is 0.786. The molecule has 0 aliphatic carbocycles. The Hall–Kier alpha value is -3.06. The second kappa shape index (κ2) is 8.59. The van der Waals surface area contributed by atoms with Crippen molar-refractivity contribution in [3.05, 3.63) is 60.4 Å². The molecule has 3 heterocycles. The summed E-state index contributed by atoms with van der Waals surface area (Å²) in [7, 11) is 0. The number of carbonyl (C=O) groups is 1. The highest BCUT2D eigenvalue weighted by molar-refractivity contribution is 7.98. The summed E-state index contributed by atoms with van der Waals surface area (Å²) < 4.78 is 6.09. The van der Waals surface area contributed by atoms with Gasteiger partial charge in [0, 0.05) is 29.9 Å². The van der Waals surface area contributed by atoms with Crippen LogP contribution < -0.4 is 10.2 Å². The molecule has 0 spiro atoms. The van der Waals surface area contributed by atoms with Gasteiger partial charge in [-0.15, -0.1) is 11.8 Å². The van der Waals surface area contributed by atoms with Crippen molar-refractivity contribution in [2.75, 3.05) is 24.2 Å². The lowest BCUT2D eigenvalue weighted by Gasteiger charge is -2.32. The molecule has 1 fully saturated rings. The van der Waals surface area contributed by atoms with Gasteiger partial charge < -0.3 is 14.6 Å². The summed E-state index contributed by atoms with van der Waals surface area (Å²) in [4.78, 5) is 25.2. The highest BCUT2D eigenvalue weighted by atomic mass is 32.2. The second-order valence-corrected chi connectivity index (χ2v) is 8.70. The number of nitrogens with one attached hydrogen (secondary N) is 1. The zero-order chi connectivity index (χ0) is 21.2. The number of hydrogen-bond acceptors (Lipinski definition) is 6. The van der Waals surface area contributed by atoms with Gasteiger partial charge in [-0.25, -0.2) is 9.97 Å². The largest absolute Gasteiger partial charge is 0.450 e. The van der Waals surface area contributed by atoms with Gasteiger partial charge in [0.15, 0.2) is 11.4 Å². The molecule has 1 aliphatic rings. The molecule has 6 nitrogen and oxygen atoms in total. The maximum absolute atomic E-state index is 12.9. The Labute approximate surface area is 185 Å². The van der Waals surface area contributed by atoms with Crippen LogP contribution in [0.4, 0.5) is 5.82 Å². The first kappa shape index (κ1) is 19.9. The third kappa shape index (κ3) is 3.97. The molecule has 2 aromatic carbocycles. The van der Waals surface area contributed by atoms with E-state index in [1.165, 1.54) is 4.90 Å². The monoisotopic (exact) mass is 432 g/mol. The molecule has 7 heteroatoms. The number of piperidine rings is 1. The van der Waals surface area contributed by atoms with Crippen LogP contribution in [-0.2, 0) is 11.3 Å². The Morgan fingerprint density at radius 1 is 1.19 bits per heavy atom. The molecule has 1 atom stereocenters. The van der Waals surface area contributed by atoms with E-state index >= 15 is 0 Å². The SMILES string of the molecule is CSc1ccc(CNC(=O)[C@H]2CCCN(c3ncnc4c3oc3ccccc34)C2)cc1. The van der Waals surface area contributed by atoms with Gasteiger partial charge in [-0.1, -0.05) is 24.3 Å². The Kier molecular flexibility index (Phi) is 5.51. The summed E-state index contributed by atoms with van der Waals surface area (Å²) in [6.45, 7) is 2.02. The molecule has 4 aromatic rings. The minimum absolute atomic E-state index is 0.0754. The van der Waals surface area contributed by atoms with Crippen molar-refractivity contribution in [3.8, 4) is 0 Å². The summed E-state index contributed by atoms with van der Waals surface area (Å²) in [6.07, 6.45) is 5.46. The van der Waals surface area contributed by atoms with E-state index in [0.29, 0.717) is 18.7 Å². The average molecular weight is 433 g/mol. The lowest BCUT2D eigenvalue weighted by Crippen LogP contribution is -2.43. The number of carbonyl (C=O) groups excluding carboxylic acids is 1. The number of benzene rings is 2. The number of amides is 1. The quantitative estimate of drug-likeness (QED) is 0.464. The number of nitrogens with zero attached hydrogens (tertiary/aromatic N) is 3. The number of thioether (sulfide) groups is 1. The van der Waals surface area contributed by atoms with Gasteiger partial charge in [0.25, 0.3) is 0 Å². The Morgan fingerprint density at radius 2 is 2.03 bits per heavy atom. The van der Waals surface area contributed by atoms with Crippen LogP contribution in [0.2, 0.25) is 0 Å². The van der Waals surface area contributed by atoms with Gasteiger partial charge in [-0.05, 0) is 48.9 Å². The molecule has 5 rings (SSSR count). The maximum Gasteiger partial charge on any atom is 0.225 e. The van der Waals surface area contributed by atoms with Crippen molar-refractivity contribution in [2.45, 2.75) is 24.3 Å². The van der Waals surface area contributed by atoms with E-state index in [-0.39, 0.29) is 11.8 Å². The van der Waals surface area contributed by atoms with Gasteiger partial charge >= 0.3 is 0 Å². The fourth-order valence-electron chi connectivity index (χ4n) is 4.20. The number of anilines is 1. The van der Waals surface area contributed by atoms with Crippen molar-refractivity contribution in [1.29, 1.82) is 0 Å². The van der Waals surface area contributed by atoms with E-state index in [9.17, 15) is 4.79 Å². The first-order valence-electron chi connectivity index (χ1n) is 10.5. The number of furan rings is 1. The highest BCUT2D eigenvalue weighted by Crippen LogP contribution is 2.33. The Bertz CT molecular complexity index is 1220. The molecule has 158 valence electrons. The number of para-hydroxylation sites is 1. The molecule has 1 aliphatic heterocycles. The normalized spacial score (nSPS) is 16.7. The van der Waals surface area contributed by atoms with Gasteiger partial charge in [0.1, 0.15) is 17.4 Å². The van der Waals surface area contributed by atoms with E-state index in [1.807, 2.05) is 24.3 Å². The van der Waals surface area contributed by atoms with Crippen LogP contribution in [0.1, 0.15) is 18.4 Å². The van der Waals surface area contributed by atoms with Crippen LogP contribution in [-0.4, -0.2) is 35.2 Å². The molecule has 1 N–H and O–H groups in total. The van der Waals surface area contributed by atoms with E-state index in [4.69, 9.17) is 4.42 Å². The average Bonchev–Trinajstić information content (AvgIpc) is 3.22. The Morgan fingerprint density at radius 3 is 2.87 bits per heavy atom. The van der Waals surface area contributed by atoms with Crippen LogP contribution in [0.25, 0.3) is 22.1 Å².